The van der Waals surface area contributed by atoms with E-state index in [2.05, 4.69) is 28.4 Å². The van der Waals surface area contributed by atoms with Gasteiger partial charge in [-0.3, -0.25) is 14.5 Å². The number of anilines is 2. The molecule has 2 aromatic carbocycles. The quantitative estimate of drug-likeness (QED) is 0.746. The third-order valence-electron chi connectivity index (χ3n) is 5.94. The third-order valence-corrected chi connectivity index (χ3v) is 6.88. The molecule has 31 heavy (non-hydrogen) atoms. The maximum Gasteiger partial charge on any atom is 0.229 e. The number of nitrogens with one attached hydrogen (secondary N) is 1. The van der Waals surface area contributed by atoms with Crippen molar-refractivity contribution in [2.45, 2.75) is 19.9 Å². The lowest BCUT2D eigenvalue weighted by molar-refractivity contribution is -0.122. The number of rotatable bonds is 6. The van der Waals surface area contributed by atoms with Gasteiger partial charge in [-0.1, -0.05) is 24.3 Å². The van der Waals surface area contributed by atoms with Gasteiger partial charge in [-0.25, -0.2) is 0 Å². The van der Waals surface area contributed by atoms with Crippen molar-refractivity contribution in [3.8, 4) is 5.75 Å². The normalized spacial score (nSPS) is 19.5. The van der Waals surface area contributed by atoms with E-state index >= 15 is 0 Å². The van der Waals surface area contributed by atoms with Gasteiger partial charge in [-0.05, 0) is 36.2 Å². The molecule has 6 nitrogen and oxygen atoms in total. The minimum Gasteiger partial charge on any atom is -0.495 e. The molecule has 2 amide bonds. The van der Waals surface area contributed by atoms with Crippen molar-refractivity contribution in [1.29, 1.82) is 0 Å². The predicted molar refractivity (Wildman–Crippen MR) is 126 cm³/mol. The number of hydrogen-bond acceptors (Lipinski definition) is 5. The van der Waals surface area contributed by atoms with Crippen LogP contribution in [0, 0.1) is 12.8 Å². The van der Waals surface area contributed by atoms with E-state index in [1.54, 1.807) is 12.0 Å². The topological polar surface area (TPSA) is 61.9 Å². The smallest absolute Gasteiger partial charge is 0.229 e. The number of methoxy groups -OCH3 is 1. The second-order valence-corrected chi connectivity index (χ2v) is 9.33. The van der Waals surface area contributed by atoms with Crippen LogP contribution >= 0.6 is 11.8 Å². The molecule has 1 N–H and O–H groups in total. The molecular weight excluding hydrogens is 410 g/mol. The summed E-state index contributed by atoms with van der Waals surface area (Å²) in [6.07, 6.45) is 0.202. The number of benzene rings is 2. The maximum absolute atomic E-state index is 13.0. The molecule has 2 aromatic rings. The molecule has 1 atom stereocenters. The highest BCUT2D eigenvalue weighted by atomic mass is 32.2. The van der Waals surface area contributed by atoms with Crippen LogP contribution in [0.4, 0.5) is 11.4 Å². The molecule has 2 aliphatic heterocycles. The van der Waals surface area contributed by atoms with Crippen LogP contribution < -0.4 is 15.0 Å². The molecular formula is C24H29N3O3S. The Morgan fingerprint density at radius 3 is 2.74 bits per heavy atom. The Hall–Kier alpha value is -2.51. The molecule has 0 spiro atoms. The van der Waals surface area contributed by atoms with Crippen LogP contribution in [0.1, 0.15) is 17.5 Å². The first-order valence-corrected chi connectivity index (χ1v) is 11.8. The van der Waals surface area contributed by atoms with Crippen molar-refractivity contribution in [3.05, 3.63) is 53.6 Å². The lowest BCUT2D eigenvalue weighted by Crippen LogP contribution is -2.32. The molecule has 0 saturated carbocycles. The van der Waals surface area contributed by atoms with E-state index in [1.165, 1.54) is 17.1 Å². The summed E-state index contributed by atoms with van der Waals surface area (Å²) < 4.78 is 5.39. The first-order valence-electron chi connectivity index (χ1n) is 10.7. The summed E-state index contributed by atoms with van der Waals surface area (Å²) in [5, 5.41) is 3.08. The van der Waals surface area contributed by atoms with Crippen LogP contribution in [0.5, 0.6) is 5.75 Å². The molecule has 2 saturated heterocycles. The molecule has 2 aliphatic rings. The van der Waals surface area contributed by atoms with Gasteiger partial charge in [0.25, 0.3) is 0 Å². The standard InChI is InChI=1S/C24H29N3O3S/c1-17-7-8-18(15-26-9-11-31-12-10-26)13-20(17)25-24(29)19-14-23(28)27(16-19)21-5-3-4-6-22(21)30-2/h3-8,13,19H,9-12,14-16H2,1-2H3,(H,25,29). The number of amides is 2. The lowest BCUT2D eigenvalue weighted by atomic mass is 10.1. The molecule has 164 valence electrons. The minimum atomic E-state index is -0.389. The van der Waals surface area contributed by atoms with Crippen molar-refractivity contribution in [1.82, 2.24) is 4.90 Å². The van der Waals surface area contributed by atoms with Crippen molar-refractivity contribution in [3.63, 3.8) is 0 Å². The van der Waals surface area contributed by atoms with E-state index in [4.69, 9.17) is 4.74 Å². The van der Waals surface area contributed by atoms with E-state index in [9.17, 15) is 9.59 Å². The summed E-state index contributed by atoms with van der Waals surface area (Å²) >= 11 is 2.00. The van der Waals surface area contributed by atoms with Gasteiger partial charge in [0.15, 0.2) is 0 Å². The van der Waals surface area contributed by atoms with Crippen LogP contribution in [0.3, 0.4) is 0 Å². The first-order chi connectivity index (χ1) is 15.0. The summed E-state index contributed by atoms with van der Waals surface area (Å²) in [6, 6.07) is 13.7. The Morgan fingerprint density at radius 2 is 1.97 bits per heavy atom. The second kappa shape index (κ2) is 9.75. The van der Waals surface area contributed by atoms with Crippen molar-refractivity contribution >= 4 is 35.0 Å². The van der Waals surface area contributed by atoms with Gasteiger partial charge in [0.05, 0.1) is 18.7 Å². The number of nitrogens with zero attached hydrogens (tertiary/aromatic N) is 2. The van der Waals surface area contributed by atoms with Crippen LogP contribution in [-0.4, -0.2) is 55.0 Å². The van der Waals surface area contributed by atoms with Gasteiger partial charge >= 0.3 is 0 Å². The molecule has 0 aliphatic carbocycles. The van der Waals surface area contributed by atoms with Gasteiger partial charge < -0.3 is 15.0 Å². The maximum atomic E-state index is 13.0. The summed E-state index contributed by atoms with van der Waals surface area (Å²) in [5.74, 6) is 2.43. The zero-order chi connectivity index (χ0) is 21.8. The average Bonchev–Trinajstić information content (AvgIpc) is 3.18. The molecule has 0 bridgehead atoms. The van der Waals surface area contributed by atoms with Crippen LogP contribution in [0.25, 0.3) is 0 Å². The fourth-order valence-electron chi connectivity index (χ4n) is 4.12. The summed E-state index contributed by atoms with van der Waals surface area (Å²) in [5.41, 5.74) is 3.77. The van der Waals surface area contributed by atoms with Crippen LogP contribution in [-0.2, 0) is 16.1 Å². The number of ether oxygens (including phenoxy) is 1. The van der Waals surface area contributed by atoms with Crippen molar-refractivity contribution in [2.24, 2.45) is 5.92 Å². The lowest BCUT2D eigenvalue weighted by Gasteiger charge is -2.26. The van der Waals surface area contributed by atoms with E-state index in [0.717, 1.165) is 30.9 Å². The minimum absolute atomic E-state index is 0.0573. The van der Waals surface area contributed by atoms with Gasteiger partial charge in [-0.2, -0.15) is 11.8 Å². The van der Waals surface area contributed by atoms with Gasteiger partial charge in [0.2, 0.25) is 11.8 Å². The molecule has 1 unspecified atom stereocenters. The number of thioether (sulfide) groups is 1. The number of para-hydroxylation sites is 2. The monoisotopic (exact) mass is 439 g/mol. The van der Waals surface area contributed by atoms with Gasteiger partial charge in [-0.15, -0.1) is 0 Å². The number of hydrogen-bond donors (Lipinski definition) is 1. The highest BCUT2D eigenvalue weighted by molar-refractivity contribution is 7.99. The molecule has 2 fully saturated rings. The Bertz CT molecular complexity index is 959. The van der Waals surface area contributed by atoms with Gasteiger partial charge in [0.1, 0.15) is 5.75 Å². The average molecular weight is 440 g/mol. The zero-order valence-electron chi connectivity index (χ0n) is 18.1. The predicted octanol–water partition coefficient (Wildman–Crippen LogP) is 3.54. The zero-order valence-corrected chi connectivity index (χ0v) is 18.9. The largest absolute Gasteiger partial charge is 0.495 e. The summed E-state index contributed by atoms with van der Waals surface area (Å²) in [6.45, 7) is 5.45. The van der Waals surface area contributed by atoms with Crippen molar-refractivity contribution in [2.75, 3.05) is 48.5 Å². The Balaban J connectivity index is 1.43. The fourth-order valence-corrected chi connectivity index (χ4v) is 5.10. The number of carbonyl (C=O) groups excluding carboxylic acids is 2. The molecule has 0 radical (unpaired) electrons. The Kier molecular flexibility index (Phi) is 6.83. The van der Waals surface area contributed by atoms with E-state index in [0.29, 0.717) is 18.0 Å². The molecule has 4 rings (SSSR count). The molecule has 7 heteroatoms. The van der Waals surface area contributed by atoms with Gasteiger partial charge in [0, 0.05) is 49.8 Å². The molecule has 2 heterocycles. The van der Waals surface area contributed by atoms with Crippen LogP contribution in [0.2, 0.25) is 0 Å². The van der Waals surface area contributed by atoms with Crippen molar-refractivity contribution < 1.29 is 14.3 Å². The second-order valence-electron chi connectivity index (χ2n) is 8.10. The highest BCUT2D eigenvalue weighted by Gasteiger charge is 2.36. The number of aryl methyl sites for hydroxylation is 1. The highest BCUT2D eigenvalue weighted by Crippen LogP contribution is 2.33. The first kappa shape index (κ1) is 21.7. The van der Waals surface area contributed by atoms with Crippen LogP contribution in [0.15, 0.2) is 42.5 Å². The third kappa shape index (κ3) is 5.05. The van der Waals surface area contributed by atoms with E-state index in [-0.39, 0.29) is 24.2 Å². The molecule has 0 aromatic heterocycles. The Morgan fingerprint density at radius 1 is 1.19 bits per heavy atom. The summed E-state index contributed by atoms with van der Waals surface area (Å²) in [4.78, 5) is 29.8. The SMILES string of the molecule is COc1ccccc1N1CC(C(=O)Nc2cc(CN3CCSCC3)ccc2C)CC1=O. The summed E-state index contributed by atoms with van der Waals surface area (Å²) in [7, 11) is 1.59. The Labute approximate surface area is 187 Å². The number of carbonyl (C=O) groups is 2. The van der Waals surface area contributed by atoms with E-state index < -0.39 is 0 Å². The van der Waals surface area contributed by atoms with E-state index in [1.807, 2.05) is 43.0 Å². The fraction of sp³-hybridized carbons (Fsp3) is 0.417.